The van der Waals surface area contributed by atoms with Crippen LogP contribution in [-0.4, -0.2) is 26.3 Å². The van der Waals surface area contributed by atoms with Gasteiger partial charge in [0.05, 0.1) is 15.7 Å². The topological polar surface area (TPSA) is 46.2 Å². The molecule has 7 heteroatoms. The van der Waals surface area contributed by atoms with Crippen LogP contribution in [0.2, 0.25) is 0 Å². The van der Waals surface area contributed by atoms with Gasteiger partial charge >= 0.3 is 6.18 Å². The first-order chi connectivity index (χ1) is 9.75. The molecule has 2 unspecified atom stereocenters. The van der Waals surface area contributed by atoms with Crippen LogP contribution < -0.4 is 5.32 Å². The summed E-state index contributed by atoms with van der Waals surface area (Å²) in [6.45, 7) is 2.73. The van der Waals surface area contributed by atoms with E-state index in [-0.39, 0.29) is 10.9 Å². The molecule has 1 aromatic carbocycles. The third-order valence-electron chi connectivity index (χ3n) is 3.83. The van der Waals surface area contributed by atoms with Gasteiger partial charge in [0.15, 0.2) is 9.84 Å². The predicted octanol–water partition coefficient (Wildman–Crippen LogP) is 3.01. The Kier molecular flexibility index (Phi) is 4.63. The van der Waals surface area contributed by atoms with E-state index in [4.69, 9.17) is 0 Å². The molecular formula is C14H18F3NO2S. The minimum Gasteiger partial charge on any atom is -0.314 e. The molecule has 0 saturated heterocycles. The number of nitrogens with one attached hydrogen (secondary N) is 1. The zero-order chi connectivity index (χ0) is 15.7. The van der Waals surface area contributed by atoms with Crippen LogP contribution in [0.3, 0.4) is 0 Å². The maximum absolute atomic E-state index is 12.5. The van der Waals surface area contributed by atoms with Crippen molar-refractivity contribution in [1.82, 2.24) is 5.32 Å². The first kappa shape index (κ1) is 16.3. The molecule has 0 amide bonds. The Morgan fingerprint density at radius 3 is 2.33 bits per heavy atom. The lowest BCUT2D eigenvalue weighted by atomic mass is 10.2. The number of rotatable bonds is 4. The highest BCUT2D eigenvalue weighted by atomic mass is 32.2. The van der Waals surface area contributed by atoms with Crippen LogP contribution in [0.5, 0.6) is 0 Å². The van der Waals surface area contributed by atoms with Crippen molar-refractivity contribution in [3.63, 3.8) is 0 Å². The van der Waals surface area contributed by atoms with Gasteiger partial charge in [-0.05, 0) is 50.1 Å². The molecule has 1 aliphatic rings. The molecule has 0 radical (unpaired) electrons. The van der Waals surface area contributed by atoms with Gasteiger partial charge in [-0.25, -0.2) is 8.42 Å². The number of halogens is 3. The lowest BCUT2D eigenvalue weighted by molar-refractivity contribution is -0.137. The van der Waals surface area contributed by atoms with Crippen LogP contribution in [-0.2, 0) is 16.0 Å². The van der Waals surface area contributed by atoms with Crippen molar-refractivity contribution in [2.45, 2.75) is 48.5 Å². The molecule has 1 fully saturated rings. The normalized spacial score (nSPS) is 23.4. The molecule has 1 N–H and O–H groups in total. The first-order valence-corrected chi connectivity index (χ1v) is 8.44. The van der Waals surface area contributed by atoms with E-state index < -0.39 is 26.8 Å². The summed E-state index contributed by atoms with van der Waals surface area (Å²) in [5.41, 5.74) is -0.835. The van der Waals surface area contributed by atoms with Crippen molar-refractivity contribution in [3.05, 3.63) is 29.8 Å². The van der Waals surface area contributed by atoms with E-state index in [9.17, 15) is 21.6 Å². The highest BCUT2D eigenvalue weighted by molar-refractivity contribution is 7.92. The number of hydrogen-bond acceptors (Lipinski definition) is 3. The van der Waals surface area contributed by atoms with Crippen molar-refractivity contribution in [3.8, 4) is 0 Å². The fraction of sp³-hybridized carbons (Fsp3) is 0.571. The Hall–Kier alpha value is -1.08. The second-order valence-electron chi connectivity index (χ2n) is 5.26. The number of benzene rings is 1. The molecule has 1 saturated carbocycles. The molecule has 1 aromatic rings. The molecule has 118 valence electrons. The Morgan fingerprint density at radius 2 is 1.81 bits per heavy atom. The Morgan fingerprint density at radius 1 is 1.19 bits per heavy atom. The average Bonchev–Trinajstić information content (AvgIpc) is 2.88. The third kappa shape index (κ3) is 3.58. The van der Waals surface area contributed by atoms with Gasteiger partial charge in [0.1, 0.15) is 0 Å². The van der Waals surface area contributed by atoms with Crippen molar-refractivity contribution in [2.75, 3.05) is 6.54 Å². The second-order valence-corrected chi connectivity index (χ2v) is 7.48. The van der Waals surface area contributed by atoms with E-state index in [0.717, 1.165) is 37.2 Å². The van der Waals surface area contributed by atoms with Crippen molar-refractivity contribution in [1.29, 1.82) is 0 Å². The van der Waals surface area contributed by atoms with Crippen LogP contribution in [0.25, 0.3) is 0 Å². The second kappa shape index (κ2) is 5.96. The molecule has 0 bridgehead atoms. The molecule has 0 aromatic heterocycles. The fourth-order valence-electron chi connectivity index (χ4n) is 2.72. The van der Waals surface area contributed by atoms with Crippen LogP contribution >= 0.6 is 0 Å². The maximum atomic E-state index is 12.5. The maximum Gasteiger partial charge on any atom is 0.416 e. The van der Waals surface area contributed by atoms with Crippen molar-refractivity contribution >= 4 is 9.84 Å². The van der Waals surface area contributed by atoms with E-state index in [1.165, 1.54) is 0 Å². The van der Waals surface area contributed by atoms with E-state index in [1.54, 1.807) is 0 Å². The summed E-state index contributed by atoms with van der Waals surface area (Å²) in [6, 6.07) is 3.93. The Bertz CT molecular complexity index is 581. The van der Waals surface area contributed by atoms with Gasteiger partial charge in [0.2, 0.25) is 0 Å². The summed E-state index contributed by atoms with van der Waals surface area (Å²) >= 11 is 0. The summed E-state index contributed by atoms with van der Waals surface area (Å²) in [7, 11) is -3.56. The van der Waals surface area contributed by atoms with E-state index in [1.807, 2.05) is 6.92 Å². The van der Waals surface area contributed by atoms with Gasteiger partial charge < -0.3 is 5.32 Å². The third-order valence-corrected chi connectivity index (χ3v) is 6.06. The van der Waals surface area contributed by atoms with Gasteiger partial charge in [-0.1, -0.05) is 6.92 Å². The van der Waals surface area contributed by atoms with Gasteiger partial charge in [-0.15, -0.1) is 0 Å². The van der Waals surface area contributed by atoms with Crippen molar-refractivity contribution in [2.24, 2.45) is 0 Å². The van der Waals surface area contributed by atoms with E-state index in [0.29, 0.717) is 12.8 Å². The monoisotopic (exact) mass is 321 g/mol. The summed E-state index contributed by atoms with van der Waals surface area (Å²) in [5, 5.41) is 2.70. The van der Waals surface area contributed by atoms with Gasteiger partial charge in [-0.2, -0.15) is 13.2 Å². The number of hydrogen-bond donors (Lipinski definition) is 1. The minimum absolute atomic E-state index is 0.0300. The first-order valence-electron chi connectivity index (χ1n) is 6.89. The Labute approximate surface area is 122 Å². The lowest BCUT2D eigenvalue weighted by Gasteiger charge is -2.14. The molecule has 21 heavy (non-hydrogen) atoms. The standard InChI is InChI=1S/C14H18F3NO2S/c1-2-18-11-5-8-13(9-11)21(19,20)12-6-3-10(4-7-12)14(15,16)17/h3-4,6-7,11,13,18H,2,5,8-9H2,1H3. The van der Waals surface area contributed by atoms with Gasteiger partial charge in [-0.3, -0.25) is 0 Å². The molecule has 1 aliphatic carbocycles. The molecule has 2 rings (SSSR count). The van der Waals surface area contributed by atoms with E-state index in [2.05, 4.69) is 5.32 Å². The van der Waals surface area contributed by atoms with Gasteiger partial charge in [0.25, 0.3) is 0 Å². The van der Waals surface area contributed by atoms with E-state index >= 15 is 0 Å². The highest BCUT2D eigenvalue weighted by Gasteiger charge is 2.36. The minimum atomic E-state index is -4.45. The SMILES string of the molecule is CCNC1CCC(S(=O)(=O)c2ccc(C(F)(F)F)cc2)C1. The molecule has 0 spiro atoms. The van der Waals surface area contributed by atoms with Crippen molar-refractivity contribution < 1.29 is 21.6 Å². The zero-order valence-electron chi connectivity index (χ0n) is 11.7. The smallest absolute Gasteiger partial charge is 0.314 e. The molecule has 0 heterocycles. The zero-order valence-corrected chi connectivity index (χ0v) is 12.5. The van der Waals surface area contributed by atoms with Crippen LogP contribution in [0.1, 0.15) is 31.7 Å². The molecular weight excluding hydrogens is 303 g/mol. The molecule has 2 atom stereocenters. The summed E-state index contributed by atoms with van der Waals surface area (Å²) < 4.78 is 62.4. The van der Waals surface area contributed by atoms with Crippen LogP contribution in [0, 0.1) is 0 Å². The summed E-state index contributed by atoms with van der Waals surface area (Å²) in [4.78, 5) is -0.0300. The quantitative estimate of drug-likeness (QED) is 0.927. The molecule has 3 nitrogen and oxygen atoms in total. The predicted molar refractivity (Wildman–Crippen MR) is 73.7 cm³/mol. The summed E-state index contributed by atoms with van der Waals surface area (Å²) in [5.74, 6) is 0. The lowest BCUT2D eigenvalue weighted by Crippen LogP contribution is -2.28. The van der Waals surface area contributed by atoms with Crippen LogP contribution in [0.15, 0.2) is 29.2 Å². The Balaban J connectivity index is 2.17. The molecule has 0 aliphatic heterocycles. The fourth-order valence-corrected chi connectivity index (χ4v) is 4.55. The van der Waals surface area contributed by atoms with Crippen LogP contribution in [0.4, 0.5) is 13.2 Å². The average molecular weight is 321 g/mol. The highest BCUT2D eigenvalue weighted by Crippen LogP contribution is 2.33. The largest absolute Gasteiger partial charge is 0.416 e. The number of sulfone groups is 1. The number of alkyl halides is 3. The summed E-state index contributed by atoms with van der Waals surface area (Å²) in [6.07, 6.45) is -2.62. The van der Waals surface area contributed by atoms with Gasteiger partial charge in [0, 0.05) is 6.04 Å².